The van der Waals surface area contributed by atoms with Gasteiger partial charge in [-0.25, -0.2) is 4.79 Å². The zero-order valence-electron chi connectivity index (χ0n) is 16.2. The first-order valence-corrected chi connectivity index (χ1v) is 10.0. The van der Waals surface area contributed by atoms with Crippen molar-refractivity contribution in [3.05, 3.63) is 29.3 Å². The molecule has 2 fully saturated rings. The molecular formula is C21H31N3O2. The number of urea groups is 1. The Morgan fingerprint density at radius 2 is 2.00 bits per heavy atom. The number of anilines is 1. The van der Waals surface area contributed by atoms with E-state index >= 15 is 0 Å². The topological polar surface area (TPSA) is 61.4 Å². The average molecular weight is 357 g/mol. The lowest BCUT2D eigenvalue weighted by molar-refractivity contribution is -0.124. The molecule has 0 bridgehead atoms. The Morgan fingerprint density at radius 3 is 2.65 bits per heavy atom. The van der Waals surface area contributed by atoms with Crippen LogP contribution in [0.3, 0.4) is 0 Å². The Bertz CT molecular complexity index is 667. The predicted molar refractivity (Wildman–Crippen MR) is 104 cm³/mol. The highest BCUT2D eigenvalue weighted by Gasteiger charge is 2.36. The number of rotatable bonds is 6. The third kappa shape index (κ3) is 4.19. The summed E-state index contributed by atoms with van der Waals surface area (Å²) in [5.41, 5.74) is 3.26. The van der Waals surface area contributed by atoms with Crippen LogP contribution in [0, 0.1) is 0 Å². The summed E-state index contributed by atoms with van der Waals surface area (Å²) >= 11 is 0. The number of para-hydroxylation sites is 1. The standard InChI is InChI=1S/C21H31N3O2/c1-4-7-15-8-5-9-17(14(2)3)19(15)23-21(26)24-13-6-10-18(24)20(25)22-16-11-12-16/h5,8-9,14,16,18H,4,6-7,10-13H2,1-3H3,(H,22,25)(H,23,26). The van der Waals surface area contributed by atoms with E-state index in [1.165, 1.54) is 5.56 Å². The highest BCUT2D eigenvalue weighted by Crippen LogP contribution is 2.30. The van der Waals surface area contributed by atoms with Gasteiger partial charge < -0.3 is 15.5 Å². The van der Waals surface area contributed by atoms with Gasteiger partial charge in [0.2, 0.25) is 5.91 Å². The van der Waals surface area contributed by atoms with Crippen molar-refractivity contribution in [3.63, 3.8) is 0 Å². The Balaban J connectivity index is 1.77. The van der Waals surface area contributed by atoms with Gasteiger partial charge in [0.15, 0.2) is 0 Å². The van der Waals surface area contributed by atoms with Crippen molar-refractivity contribution in [1.82, 2.24) is 10.2 Å². The maximum atomic E-state index is 13.0. The van der Waals surface area contributed by atoms with Crippen LogP contribution in [-0.2, 0) is 11.2 Å². The molecular weight excluding hydrogens is 326 g/mol. The largest absolute Gasteiger partial charge is 0.352 e. The molecule has 3 amide bonds. The number of hydrogen-bond donors (Lipinski definition) is 2. The van der Waals surface area contributed by atoms with Gasteiger partial charge >= 0.3 is 6.03 Å². The van der Waals surface area contributed by atoms with Gasteiger partial charge in [-0.3, -0.25) is 4.79 Å². The summed E-state index contributed by atoms with van der Waals surface area (Å²) in [6.07, 6.45) is 5.71. The Morgan fingerprint density at radius 1 is 1.23 bits per heavy atom. The lowest BCUT2D eigenvalue weighted by Crippen LogP contribution is -2.48. The van der Waals surface area contributed by atoms with Crippen molar-refractivity contribution >= 4 is 17.6 Å². The van der Waals surface area contributed by atoms with Crippen LogP contribution in [0.15, 0.2) is 18.2 Å². The van der Waals surface area contributed by atoms with Crippen LogP contribution in [0.25, 0.3) is 0 Å². The van der Waals surface area contributed by atoms with Crippen LogP contribution >= 0.6 is 0 Å². The highest BCUT2D eigenvalue weighted by atomic mass is 16.2. The number of nitrogens with one attached hydrogen (secondary N) is 2. The van der Waals surface area contributed by atoms with Crippen LogP contribution in [0.4, 0.5) is 10.5 Å². The second-order valence-electron chi connectivity index (χ2n) is 7.85. The van der Waals surface area contributed by atoms with E-state index in [9.17, 15) is 9.59 Å². The number of benzene rings is 1. The first-order valence-electron chi connectivity index (χ1n) is 10.0. The number of carbonyl (C=O) groups excluding carboxylic acids is 2. The van der Waals surface area contributed by atoms with Gasteiger partial charge in [0, 0.05) is 18.3 Å². The van der Waals surface area contributed by atoms with Crippen LogP contribution in [0.2, 0.25) is 0 Å². The van der Waals surface area contributed by atoms with Gasteiger partial charge in [-0.2, -0.15) is 0 Å². The summed E-state index contributed by atoms with van der Waals surface area (Å²) in [5.74, 6) is 0.334. The minimum absolute atomic E-state index is 0.00563. The van der Waals surface area contributed by atoms with Gasteiger partial charge in [-0.15, -0.1) is 0 Å². The average Bonchev–Trinajstić information content (AvgIpc) is 3.27. The molecule has 26 heavy (non-hydrogen) atoms. The summed E-state index contributed by atoms with van der Waals surface area (Å²) < 4.78 is 0. The minimum atomic E-state index is -0.337. The number of hydrogen-bond acceptors (Lipinski definition) is 2. The minimum Gasteiger partial charge on any atom is -0.352 e. The molecule has 0 aromatic heterocycles. The molecule has 0 spiro atoms. The first-order chi connectivity index (χ1) is 12.5. The number of carbonyl (C=O) groups is 2. The summed E-state index contributed by atoms with van der Waals surface area (Å²) in [4.78, 5) is 27.2. The van der Waals surface area contributed by atoms with E-state index in [0.717, 1.165) is 49.8 Å². The van der Waals surface area contributed by atoms with E-state index in [1.807, 2.05) is 0 Å². The second-order valence-corrected chi connectivity index (χ2v) is 7.85. The van der Waals surface area contributed by atoms with Crippen molar-refractivity contribution in [2.45, 2.75) is 77.3 Å². The molecule has 1 aromatic rings. The molecule has 142 valence electrons. The summed E-state index contributed by atoms with van der Waals surface area (Å²) in [7, 11) is 0. The van der Waals surface area contributed by atoms with Crippen LogP contribution in [-0.4, -0.2) is 35.5 Å². The van der Waals surface area contributed by atoms with Gasteiger partial charge in [0.1, 0.15) is 6.04 Å². The lowest BCUT2D eigenvalue weighted by atomic mass is 9.96. The maximum absolute atomic E-state index is 13.0. The number of nitrogens with zero attached hydrogens (tertiary/aromatic N) is 1. The molecule has 1 saturated carbocycles. The van der Waals surface area contributed by atoms with E-state index in [0.29, 0.717) is 18.5 Å². The molecule has 3 rings (SSSR count). The second kappa shape index (κ2) is 8.11. The zero-order valence-corrected chi connectivity index (χ0v) is 16.2. The SMILES string of the molecule is CCCc1cccc(C(C)C)c1NC(=O)N1CCCC1C(=O)NC1CC1. The molecule has 1 heterocycles. The molecule has 1 aliphatic carbocycles. The Labute approximate surface area is 156 Å². The molecule has 0 radical (unpaired) electrons. The lowest BCUT2D eigenvalue weighted by Gasteiger charge is -2.26. The molecule has 2 N–H and O–H groups in total. The molecule has 1 saturated heterocycles. The molecule has 5 heteroatoms. The molecule has 1 atom stereocenters. The van der Waals surface area contributed by atoms with Crippen molar-refractivity contribution in [2.24, 2.45) is 0 Å². The van der Waals surface area contributed by atoms with Crippen LogP contribution in [0.5, 0.6) is 0 Å². The van der Waals surface area contributed by atoms with E-state index in [1.54, 1.807) is 4.90 Å². The van der Waals surface area contributed by atoms with E-state index in [-0.39, 0.29) is 18.0 Å². The molecule has 5 nitrogen and oxygen atoms in total. The fourth-order valence-corrected chi connectivity index (χ4v) is 3.72. The van der Waals surface area contributed by atoms with Gasteiger partial charge in [0.25, 0.3) is 0 Å². The van der Waals surface area contributed by atoms with Crippen molar-refractivity contribution in [1.29, 1.82) is 0 Å². The quantitative estimate of drug-likeness (QED) is 0.807. The Hall–Kier alpha value is -2.04. The highest BCUT2D eigenvalue weighted by molar-refractivity contribution is 5.95. The smallest absolute Gasteiger partial charge is 0.322 e. The van der Waals surface area contributed by atoms with E-state index in [2.05, 4.69) is 49.6 Å². The maximum Gasteiger partial charge on any atom is 0.322 e. The van der Waals surface area contributed by atoms with Crippen LogP contribution in [0.1, 0.15) is 69.9 Å². The van der Waals surface area contributed by atoms with Gasteiger partial charge in [-0.1, -0.05) is 45.4 Å². The monoisotopic (exact) mass is 357 g/mol. The van der Waals surface area contributed by atoms with Crippen LogP contribution < -0.4 is 10.6 Å². The number of likely N-dealkylation sites (tertiary alicyclic amines) is 1. The zero-order chi connectivity index (χ0) is 18.7. The summed E-state index contributed by atoms with van der Waals surface area (Å²) in [6.45, 7) is 7.07. The van der Waals surface area contributed by atoms with E-state index < -0.39 is 0 Å². The molecule has 2 aliphatic rings. The number of amides is 3. The number of aryl methyl sites for hydroxylation is 1. The normalized spacial score (nSPS) is 19.7. The Kier molecular flexibility index (Phi) is 5.84. The van der Waals surface area contributed by atoms with Crippen molar-refractivity contribution < 1.29 is 9.59 Å². The van der Waals surface area contributed by atoms with Gasteiger partial charge in [-0.05, 0) is 49.1 Å². The third-order valence-corrected chi connectivity index (χ3v) is 5.30. The van der Waals surface area contributed by atoms with Crippen molar-refractivity contribution in [3.8, 4) is 0 Å². The molecule has 1 aromatic carbocycles. The predicted octanol–water partition coefficient (Wildman–Crippen LogP) is 4.04. The molecule has 1 unspecified atom stereocenters. The molecule has 1 aliphatic heterocycles. The third-order valence-electron chi connectivity index (χ3n) is 5.30. The van der Waals surface area contributed by atoms with E-state index in [4.69, 9.17) is 0 Å². The first kappa shape index (κ1) is 18.7. The summed E-state index contributed by atoms with van der Waals surface area (Å²) in [5, 5.41) is 6.19. The fraction of sp³-hybridized carbons (Fsp3) is 0.619. The summed E-state index contributed by atoms with van der Waals surface area (Å²) in [6, 6.07) is 6.08. The van der Waals surface area contributed by atoms with Crippen molar-refractivity contribution in [2.75, 3.05) is 11.9 Å². The fourth-order valence-electron chi connectivity index (χ4n) is 3.72. The van der Waals surface area contributed by atoms with Gasteiger partial charge in [0.05, 0.1) is 0 Å².